The van der Waals surface area contributed by atoms with Crippen molar-refractivity contribution in [2.75, 3.05) is 13.1 Å². The number of aryl methyl sites for hydroxylation is 1. The minimum Gasteiger partial charge on any atom is -0.308 e. The molecule has 1 atom stereocenters. The third-order valence-electron chi connectivity index (χ3n) is 4.97. The van der Waals surface area contributed by atoms with Gasteiger partial charge in [-0.15, -0.1) is 11.3 Å². The molecular weight excluding hydrogens is 440 g/mol. The molecule has 0 spiro atoms. The van der Waals surface area contributed by atoms with E-state index >= 15 is 0 Å². The highest BCUT2D eigenvalue weighted by Gasteiger charge is 2.24. The van der Waals surface area contributed by atoms with E-state index in [9.17, 15) is 8.42 Å². The lowest BCUT2D eigenvalue weighted by molar-refractivity contribution is 0.495. The van der Waals surface area contributed by atoms with Gasteiger partial charge in [0.05, 0.1) is 16.7 Å². The summed E-state index contributed by atoms with van der Waals surface area (Å²) in [6.07, 6.45) is 4.76. The molecule has 2 aromatic heterocycles. The third-order valence-corrected chi connectivity index (χ3v) is 7.79. The largest absolute Gasteiger partial charge is 0.308 e. The number of rotatable bonds is 8. The van der Waals surface area contributed by atoms with Crippen LogP contribution in [0.1, 0.15) is 33.6 Å². The second-order valence-corrected chi connectivity index (χ2v) is 10.5. The molecule has 9 heteroatoms. The number of benzene rings is 1. The van der Waals surface area contributed by atoms with Gasteiger partial charge in [0, 0.05) is 35.6 Å². The molecule has 1 aliphatic rings. The normalized spacial score (nSPS) is 16.4. The molecule has 2 N–H and O–H groups in total. The highest BCUT2D eigenvalue weighted by molar-refractivity contribution is 7.89. The highest BCUT2D eigenvalue weighted by atomic mass is 35.5. The molecule has 1 aliphatic heterocycles. The zero-order chi connectivity index (χ0) is 21.0. The Morgan fingerprint density at radius 2 is 2.03 bits per heavy atom. The van der Waals surface area contributed by atoms with E-state index in [1.54, 1.807) is 23.5 Å². The average Bonchev–Trinajstić information content (AvgIpc) is 3.18. The molecule has 6 nitrogen and oxygen atoms in total. The van der Waals surface area contributed by atoms with Crippen molar-refractivity contribution >= 4 is 33.0 Å². The van der Waals surface area contributed by atoms with Gasteiger partial charge >= 0.3 is 0 Å². The van der Waals surface area contributed by atoms with Crippen molar-refractivity contribution in [2.45, 2.75) is 36.8 Å². The van der Waals surface area contributed by atoms with Gasteiger partial charge in [0.2, 0.25) is 0 Å². The molecule has 0 amide bonds. The van der Waals surface area contributed by atoms with Gasteiger partial charge in [-0.1, -0.05) is 29.8 Å². The number of nitrogens with one attached hydrogen (secondary N) is 2. The Kier molecular flexibility index (Phi) is 6.80. The van der Waals surface area contributed by atoms with E-state index < -0.39 is 10.0 Å². The quantitative estimate of drug-likeness (QED) is 0.500. The first-order valence-electron chi connectivity index (χ1n) is 9.88. The van der Waals surface area contributed by atoms with Crippen LogP contribution in [0.4, 0.5) is 0 Å². The first kappa shape index (κ1) is 21.4. The van der Waals surface area contributed by atoms with Crippen molar-refractivity contribution in [1.29, 1.82) is 0 Å². The van der Waals surface area contributed by atoms with Crippen LogP contribution in [0, 0.1) is 0 Å². The van der Waals surface area contributed by atoms with Gasteiger partial charge in [0.1, 0.15) is 0 Å². The Morgan fingerprint density at radius 1 is 1.20 bits per heavy atom. The van der Waals surface area contributed by atoms with Gasteiger partial charge in [0.25, 0.3) is 10.0 Å². The Balaban J connectivity index is 1.34. The second-order valence-electron chi connectivity index (χ2n) is 7.17. The number of nitrogens with zero attached hydrogens (tertiary/aromatic N) is 2. The summed E-state index contributed by atoms with van der Waals surface area (Å²) in [4.78, 5) is 10.1. The summed E-state index contributed by atoms with van der Waals surface area (Å²) in [7, 11) is -3.56. The average molecular weight is 463 g/mol. The third kappa shape index (κ3) is 5.25. The van der Waals surface area contributed by atoms with E-state index in [1.807, 2.05) is 12.1 Å². The summed E-state index contributed by atoms with van der Waals surface area (Å²) in [5, 5.41) is 5.42. The van der Waals surface area contributed by atoms with E-state index in [1.165, 1.54) is 22.7 Å². The van der Waals surface area contributed by atoms with E-state index in [0.717, 1.165) is 41.5 Å². The van der Waals surface area contributed by atoms with Crippen LogP contribution in [0.15, 0.2) is 53.7 Å². The lowest BCUT2D eigenvalue weighted by Crippen LogP contribution is -2.30. The van der Waals surface area contributed by atoms with E-state index in [4.69, 9.17) is 16.6 Å². The van der Waals surface area contributed by atoms with Gasteiger partial charge in [-0.25, -0.2) is 23.1 Å². The van der Waals surface area contributed by atoms with E-state index in [2.05, 4.69) is 27.2 Å². The van der Waals surface area contributed by atoms with Crippen LogP contribution < -0.4 is 10.0 Å². The van der Waals surface area contributed by atoms with Crippen LogP contribution in [0.25, 0.3) is 0 Å². The van der Waals surface area contributed by atoms with Crippen LogP contribution in [0.2, 0.25) is 5.02 Å². The van der Waals surface area contributed by atoms with Crippen molar-refractivity contribution in [3.8, 4) is 0 Å². The van der Waals surface area contributed by atoms with Crippen LogP contribution in [0.5, 0.6) is 0 Å². The smallest absolute Gasteiger partial charge is 0.258 e. The molecule has 158 valence electrons. The number of fused-ring (bicyclic) bond motifs is 1. The first-order valence-corrected chi connectivity index (χ1v) is 12.6. The molecule has 30 heavy (non-hydrogen) atoms. The number of pyridine rings is 1. The SMILES string of the molecule is O=S(=O)(NCCCc1nc2c(s1)CCNC2Cc1ccc(Cl)cc1)c1ccccn1. The van der Waals surface area contributed by atoms with Gasteiger partial charge in [-0.3, -0.25) is 0 Å². The monoisotopic (exact) mass is 462 g/mol. The van der Waals surface area contributed by atoms with Crippen molar-refractivity contribution in [1.82, 2.24) is 20.0 Å². The Bertz CT molecular complexity index is 1090. The number of hydrogen-bond acceptors (Lipinski definition) is 6. The molecule has 1 aromatic carbocycles. The standard InChI is InChI=1S/C21H23ClN4O2S2/c22-16-8-6-15(7-9-16)14-17-21-18(10-13-23-17)29-19(26-21)4-3-12-25-30(27,28)20-5-1-2-11-24-20/h1-2,5-9,11,17,23,25H,3-4,10,12-14H2. The molecule has 0 bridgehead atoms. The molecule has 3 aromatic rings. The van der Waals surface area contributed by atoms with Gasteiger partial charge in [-0.05, 0) is 49.1 Å². The first-order chi connectivity index (χ1) is 14.5. The summed E-state index contributed by atoms with van der Waals surface area (Å²) in [6.45, 7) is 1.30. The maximum atomic E-state index is 12.2. The lowest BCUT2D eigenvalue weighted by Gasteiger charge is -2.23. The van der Waals surface area contributed by atoms with Gasteiger partial charge in [-0.2, -0.15) is 0 Å². The fraction of sp³-hybridized carbons (Fsp3) is 0.333. The molecule has 4 rings (SSSR count). The van der Waals surface area contributed by atoms with Crippen molar-refractivity contribution < 1.29 is 8.42 Å². The molecule has 0 saturated carbocycles. The molecule has 3 heterocycles. The van der Waals surface area contributed by atoms with Gasteiger partial charge in [0.15, 0.2) is 5.03 Å². The van der Waals surface area contributed by atoms with Crippen LogP contribution in [-0.4, -0.2) is 31.5 Å². The maximum absolute atomic E-state index is 12.2. The van der Waals surface area contributed by atoms with Crippen LogP contribution in [0.3, 0.4) is 0 Å². The topological polar surface area (TPSA) is 84.0 Å². The minimum atomic E-state index is -3.56. The number of sulfonamides is 1. The zero-order valence-corrected chi connectivity index (χ0v) is 18.7. The van der Waals surface area contributed by atoms with Crippen LogP contribution >= 0.6 is 22.9 Å². The Hall–Kier alpha value is -1.84. The van der Waals surface area contributed by atoms with Crippen molar-refractivity contribution in [3.05, 3.63) is 74.8 Å². The zero-order valence-electron chi connectivity index (χ0n) is 16.3. The molecule has 0 saturated heterocycles. The highest BCUT2D eigenvalue weighted by Crippen LogP contribution is 2.30. The summed E-state index contributed by atoms with van der Waals surface area (Å²) >= 11 is 7.73. The molecule has 0 radical (unpaired) electrons. The molecule has 0 fully saturated rings. The summed E-state index contributed by atoms with van der Waals surface area (Å²) < 4.78 is 27.1. The number of hydrogen-bond donors (Lipinski definition) is 2. The summed E-state index contributed by atoms with van der Waals surface area (Å²) in [6, 6.07) is 13.0. The fourth-order valence-electron chi connectivity index (χ4n) is 3.48. The molecule has 1 unspecified atom stereocenters. The lowest BCUT2D eigenvalue weighted by atomic mass is 9.99. The predicted octanol–water partition coefficient (Wildman–Crippen LogP) is 3.53. The van der Waals surface area contributed by atoms with Crippen molar-refractivity contribution in [3.63, 3.8) is 0 Å². The maximum Gasteiger partial charge on any atom is 0.258 e. The Labute approximate surface area is 185 Å². The Morgan fingerprint density at radius 3 is 2.80 bits per heavy atom. The summed E-state index contributed by atoms with van der Waals surface area (Å²) in [5.74, 6) is 0. The number of thiazole rings is 1. The van der Waals surface area contributed by atoms with Crippen LogP contribution in [-0.2, 0) is 29.3 Å². The molecular formula is C21H23ClN4O2S2. The number of halogens is 1. The fourth-order valence-corrected chi connectivity index (χ4v) is 5.80. The second kappa shape index (κ2) is 9.53. The van der Waals surface area contributed by atoms with Crippen molar-refractivity contribution in [2.24, 2.45) is 0 Å². The van der Waals surface area contributed by atoms with Gasteiger partial charge < -0.3 is 5.32 Å². The van der Waals surface area contributed by atoms with E-state index in [0.29, 0.717) is 13.0 Å². The van der Waals surface area contributed by atoms with E-state index in [-0.39, 0.29) is 11.1 Å². The predicted molar refractivity (Wildman–Crippen MR) is 119 cm³/mol. The molecule has 0 aliphatic carbocycles. The minimum absolute atomic E-state index is 0.0471. The summed E-state index contributed by atoms with van der Waals surface area (Å²) in [5.41, 5.74) is 2.36. The number of aromatic nitrogens is 2.